The highest BCUT2D eigenvalue weighted by molar-refractivity contribution is 5.82. The van der Waals surface area contributed by atoms with E-state index in [0.29, 0.717) is 18.6 Å². The fraction of sp³-hybridized carbons (Fsp3) is 0.923. The van der Waals surface area contributed by atoms with Crippen LogP contribution in [0.1, 0.15) is 39.0 Å². The second-order valence-electron chi connectivity index (χ2n) is 5.53. The Hall–Kier alpha value is -0.610. The normalized spacial score (nSPS) is 33.1. The SMILES string of the molecule is CC1CCN(C)C(=O)C(CN)N1C1CCCC1. The van der Waals surface area contributed by atoms with E-state index in [2.05, 4.69) is 11.8 Å². The highest BCUT2D eigenvalue weighted by Crippen LogP contribution is 2.29. The molecule has 4 heteroatoms. The molecule has 98 valence electrons. The maximum atomic E-state index is 12.3. The molecule has 1 saturated heterocycles. The van der Waals surface area contributed by atoms with E-state index in [0.717, 1.165) is 13.0 Å². The van der Waals surface area contributed by atoms with E-state index < -0.39 is 0 Å². The van der Waals surface area contributed by atoms with Gasteiger partial charge in [0.05, 0.1) is 0 Å². The fourth-order valence-corrected chi connectivity index (χ4v) is 3.37. The smallest absolute Gasteiger partial charge is 0.240 e. The van der Waals surface area contributed by atoms with Crippen LogP contribution >= 0.6 is 0 Å². The standard InChI is InChI=1S/C13H25N3O/c1-10-7-8-15(2)13(17)12(9-14)16(10)11-5-3-4-6-11/h10-12H,3-9,14H2,1-2H3. The third kappa shape index (κ3) is 2.47. The lowest BCUT2D eigenvalue weighted by atomic mass is 10.1. The van der Waals surface area contributed by atoms with Gasteiger partial charge in [0.1, 0.15) is 6.04 Å². The van der Waals surface area contributed by atoms with Crippen LogP contribution < -0.4 is 5.73 Å². The minimum atomic E-state index is -0.0967. The number of rotatable bonds is 2. The number of likely N-dealkylation sites (N-methyl/N-ethyl adjacent to an activating group) is 1. The van der Waals surface area contributed by atoms with Crippen LogP contribution in [-0.4, -0.2) is 54.0 Å². The molecular formula is C13H25N3O. The van der Waals surface area contributed by atoms with E-state index in [9.17, 15) is 4.79 Å². The summed E-state index contributed by atoms with van der Waals surface area (Å²) in [5.41, 5.74) is 5.86. The van der Waals surface area contributed by atoms with E-state index in [1.54, 1.807) is 0 Å². The van der Waals surface area contributed by atoms with Gasteiger partial charge in [0.25, 0.3) is 0 Å². The summed E-state index contributed by atoms with van der Waals surface area (Å²) >= 11 is 0. The van der Waals surface area contributed by atoms with Gasteiger partial charge < -0.3 is 10.6 Å². The van der Waals surface area contributed by atoms with Gasteiger partial charge in [-0.25, -0.2) is 0 Å². The third-order valence-corrected chi connectivity index (χ3v) is 4.38. The van der Waals surface area contributed by atoms with Gasteiger partial charge in [0.15, 0.2) is 0 Å². The molecule has 1 saturated carbocycles. The third-order valence-electron chi connectivity index (χ3n) is 4.38. The Kier molecular flexibility index (Phi) is 4.05. The number of nitrogens with zero attached hydrogens (tertiary/aromatic N) is 2. The molecule has 2 aliphatic rings. The van der Waals surface area contributed by atoms with Gasteiger partial charge in [0.2, 0.25) is 5.91 Å². The molecule has 1 heterocycles. The lowest BCUT2D eigenvalue weighted by Gasteiger charge is -2.37. The molecule has 1 aliphatic heterocycles. The molecular weight excluding hydrogens is 214 g/mol. The van der Waals surface area contributed by atoms with Gasteiger partial charge >= 0.3 is 0 Å². The topological polar surface area (TPSA) is 49.6 Å². The molecule has 1 amide bonds. The molecule has 2 atom stereocenters. The van der Waals surface area contributed by atoms with Crippen molar-refractivity contribution in [3.8, 4) is 0 Å². The largest absolute Gasteiger partial charge is 0.344 e. The Morgan fingerprint density at radius 2 is 1.94 bits per heavy atom. The number of carbonyl (C=O) groups is 1. The molecule has 0 spiro atoms. The van der Waals surface area contributed by atoms with Crippen LogP contribution in [-0.2, 0) is 4.79 Å². The van der Waals surface area contributed by atoms with Crippen molar-refractivity contribution in [2.45, 2.75) is 57.2 Å². The number of carbonyl (C=O) groups excluding carboxylic acids is 1. The zero-order chi connectivity index (χ0) is 12.4. The molecule has 0 bridgehead atoms. The molecule has 2 rings (SSSR count). The monoisotopic (exact) mass is 239 g/mol. The second-order valence-corrected chi connectivity index (χ2v) is 5.53. The summed E-state index contributed by atoms with van der Waals surface area (Å²) in [6, 6.07) is 0.954. The lowest BCUT2D eigenvalue weighted by molar-refractivity contribution is -0.135. The number of nitrogens with two attached hydrogens (primary N) is 1. The average Bonchev–Trinajstić information content (AvgIpc) is 2.81. The first kappa shape index (κ1) is 12.8. The first-order chi connectivity index (χ1) is 8.15. The molecule has 0 aromatic carbocycles. The van der Waals surface area contributed by atoms with Crippen LogP contribution in [0.2, 0.25) is 0 Å². The molecule has 0 radical (unpaired) electrons. The highest BCUT2D eigenvalue weighted by atomic mass is 16.2. The van der Waals surface area contributed by atoms with E-state index in [-0.39, 0.29) is 11.9 Å². The van der Waals surface area contributed by atoms with Crippen LogP contribution in [0.4, 0.5) is 0 Å². The quantitative estimate of drug-likeness (QED) is 0.776. The summed E-state index contributed by atoms with van der Waals surface area (Å²) in [6.07, 6.45) is 6.13. The molecule has 0 aromatic heterocycles. The van der Waals surface area contributed by atoms with Crippen molar-refractivity contribution < 1.29 is 4.79 Å². The Morgan fingerprint density at radius 1 is 1.29 bits per heavy atom. The van der Waals surface area contributed by atoms with Gasteiger partial charge in [-0.1, -0.05) is 12.8 Å². The molecule has 4 nitrogen and oxygen atoms in total. The molecule has 2 N–H and O–H groups in total. The molecule has 17 heavy (non-hydrogen) atoms. The van der Waals surface area contributed by atoms with Crippen molar-refractivity contribution in [3.05, 3.63) is 0 Å². The van der Waals surface area contributed by atoms with Crippen LogP contribution in [0.15, 0.2) is 0 Å². The summed E-state index contributed by atoms with van der Waals surface area (Å²) in [5, 5.41) is 0. The van der Waals surface area contributed by atoms with E-state index in [4.69, 9.17) is 5.73 Å². The summed E-state index contributed by atoms with van der Waals surface area (Å²) in [5.74, 6) is 0.212. The minimum Gasteiger partial charge on any atom is -0.344 e. The first-order valence-electron chi connectivity index (χ1n) is 6.87. The van der Waals surface area contributed by atoms with Crippen molar-refractivity contribution in [3.63, 3.8) is 0 Å². The van der Waals surface area contributed by atoms with Crippen molar-refractivity contribution in [2.24, 2.45) is 5.73 Å². The van der Waals surface area contributed by atoms with E-state index in [1.165, 1.54) is 25.7 Å². The maximum absolute atomic E-state index is 12.3. The van der Waals surface area contributed by atoms with Crippen molar-refractivity contribution >= 4 is 5.91 Å². The van der Waals surface area contributed by atoms with Crippen molar-refractivity contribution in [1.29, 1.82) is 0 Å². The van der Waals surface area contributed by atoms with Gasteiger partial charge in [-0.05, 0) is 26.2 Å². The van der Waals surface area contributed by atoms with Crippen LogP contribution in [0, 0.1) is 0 Å². The van der Waals surface area contributed by atoms with E-state index >= 15 is 0 Å². The Labute approximate surface area is 104 Å². The predicted octanol–water partition coefficient (Wildman–Crippen LogP) is 0.809. The minimum absolute atomic E-state index is 0.0967. The Morgan fingerprint density at radius 3 is 2.53 bits per heavy atom. The summed E-state index contributed by atoms with van der Waals surface area (Å²) in [4.78, 5) is 16.6. The van der Waals surface area contributed by atoms with Gasteiger partial charge in [-0.2, -0.15) is 0 Å². The Bertz CT molecular complexity index is 276. The zero-order valence-electron chi connectivity index (χ0n) is 11.1. The number of amides is 1. The summed E-state index contributed by atoms with van der Waals surface area (Å²) in [6.45, 7) is 3.55. The second kappa shape index (κ2) is 5.36. The molecule has 2 fully saturated rings. The highest BCUT2D eigenvalue weighted by Gasteiger charge is 2.38. The van der Waals surface area contributed by atoms with Crippen LogP contribution in [0.5, 0.6) is 0 Å². The molecule has 2 unspecified atom stereocenters. The van der Waals surface area contributed by atoms with Crippen molar-refractivity contribution in [2.75, 3.05) is 20.1 Å². The van der Waals surface area contributed by atoms with Gasteiger partial charge in [-0.15, -0.1) is 0 Å². The maximum Gasteiger partial charge on any atom is 0.240 e. The predicted molar refractivity (Wildman–Crippen MR) is 68.7 cm³/mol. The molecule has 0 aromatic rings. The van der Waals surface area contributed by atoms with Gasteiger partial charge in [0, 0.05) is 32.2 Å². The Balaban J connectivity index is 2.20. The summed E-state index contributed by atoms with van der Waals surface area (Å²) in [7, 11) is 1.90. The molecule has 1 aliphatic carbocycles. The average molecular weight is 239 g/mol. The van der Waals surface area contributed by atoms with E-state index in [1.807, 2.05) is 11.9 Å². The van der Waals surface area contributed by atoms with Crippen LogP contribution in [0.3, 0.4) is 0 Å². The zero-order valence-corrected chi connectivity index (χ0v) is 11.1. The van der Waals surface area contributed by atoms with Gasteiger partial charge in [-0.3, -0.25) is 9.69 Å². The fourth-order valence-electron chi connectivity index (χ4n) is 3.37. The number of hydrogen-bond donors (Lipinski definition) is 1. The first-order valence-corrected chi connectivity index (χ1v) is 6.87. The summed E-state index contributed by atoms with van der Waals surface area (Å²) < 4.78 is 0. The lowest BCUT2D eigenvalue weighted by Crippen LogP contribution is -2.54. The number of hydrogen-bond acceptors (Lipinski definition) is 3. The van der Waals surface area contributed by atoms with Crippen LogP contribution in [0.25, 0.3) is 0 Å². The van der Waals surface area contributed by atoms with Crippen molar-refractivity contribution in [1.82, 2.24) is 9.80 Å².